The van der Waals surface area contributed by atoms with Crippen molar-refractivity contribution in [2.45, 2.75) is 32.7 Å². The highest BCUT2D eigenvalue weighted by Gasteiger charge is 2.31. The van der Waals surface area contributed by atoms with Crippen LogP contribution in [0.1, 0.15) is 25.3 Å². The van der Waals surface area contributed by atoms with Crippen LogP contribution in [0.15, 0.2) is 12.1 Å². The Balaban J connectivity index is 2.02. The molecule has 0 atom stereocenters. The van der Waals surface area contributed by atoms with Crippen molar-refractivity contribution in [3.8, 4) is 0 Å². The van der Waals surface area contributed by atoms with Gasteiger partial charge in [-0.2, -0.15) is 0 Å². The van der Waals surface area contributed by atoms with E-state index in [0.717, 1.165) is 12.8 Å². The second kappa shape index (κ2) is 5.55. The minimum Gasteiger partial charge on any atom is -0.371 e. The number of amides is 1. The normalized spacial score (nSPS) is 14.3. The van der Waals surface area contributed by atoms with Crippen molar-refractivity contribution < 1.29 is 13.6 Å². The van der Waals surface area contributed by atoms with Crippen LogP contribution in [-0.2, 0) is 4.79 Å². The number of anilines is 1. The van der Waals surface area contributed by atoms with Crippen LogP contribution >= 0.6 is 0 Å². The van der Waals surface area contributed by atoms with Gasteiger partial charge in [0, 0.05) is 12.6 Å². The molecule has 1 fully saturated rings. The molecule has 1 aromatic carbocycles. The zero-order valence-corrected chi connectivity index (χ0v) is 11.2. The smallest absolute Gasteiger partial charge is 0.242 e. The number of benzene rings is 1. The molecule has 5 heteroatoms. The van der Waals surface area contributed by atoms with Crippen LogP contribution in [0.4, 0.5) is 14.5 Å². The van der Waals surface area contributed by atoms with E-state index < -0.39 is 11.6 Å². The van der Waals surface area contributed by atoms with Gasteiger partial charge in [-0.25, -0.2) is 8.78 Å². The molecule has 3 nitrogen and oxygen atoms in total. The summed E-state index contributed by atoms with van der Waals surface area (Å²) in [5, 5.41) is 2.58. The van der Waals surface area contributed by atoms with Crippen molar-refractivity contribution >= 4 is 11.6 Å². The van der Waals surface area contributed by atoms with Crippen molar-refractivity contribution in [3.05, 3.63) is 29.3 Å². The summed E-state index contributed by atoms with van der Waals surface area (Å²) in [6, 6.07) is 2.88. The molecule has 0 unspecified atom stereocenters. The lowest BCUT2D eigenvalue weighted by Gasteiger charge is -2.21. The van der Waals surface area contributed by atoms with Gasteiger partial charge in [0.2, 0.25) is 5.91 Å². The summed E-state index contributed by atoms with van der Waals surface area (Å²) in [7, 11) is 0. The van der Waals surface area contributed by atoms with Crippen LogP contribution in [-0.4, -0.2) is 29.9 Å². The van der Waals surface area contributed by atoms with Crippen LogP contribution in [0, 0.1) is 18.6 Å². The number of rotatable bonds is 5. The number of nitrogens with one attached hydrogen (secondary N) is 1. The molecule has 1 N–H and O–H groups in total. The first-order valence-electron chi connectivity index (χ1n) is 6.52. The summed E-state index contributed by atoms with van der Waals surface area (Å²) in [5.74, 6) is -1.43. The second-order valence-corrected chi connectivity index (χ2v) is 4.82. The van der Waals surface area contributed by atoms with Gasteiger partial charge in [0.1, 0.15) is 11.5 Å². The van der Waals surface area contributed by atoms with Crippen LogP contribution in [0.3, 0.4) is 0 Å². The van der Waals surface area contributed by atoms with Gasteiger partial charge in [0.25, 0.3) is 0 Å². The summed E-state index contributed by atoms with van der Waals surface area (Å²) < 4.78 is 27.2. The van der Waals surface area contributed by atoms with Crippen molar-refractivity contribution in [1.29, 1.82) is 0 Å². The standard InChI is InChI=1S/C14H18F2N2O/c1-3-18(10-5-6-10)12(19)8-17-14-11(15)7-4-9(2)13(14)16/h4,7,10,17H,3,5-6,8H2,1-2H3. The van der Waals surface area contributed by atoms with Gasteiger partial charge in [-0.05, 0) is 38.3 Å². The summed E-state index contributed by atoms with van der Waals surface area (Å²) in [6.07, 6.45) is 2.04. The Labute approximate surface area is 111 Å². The van der Waals surface area contributed by atoms with Crippen LogP contribution in [0.25, 0.3) is 0 Å². The van der Waals surface area contributed by atoms with E-state index in [4.69, 9.17) is 0 Å². The SMILES string of the molecule is CCN(C(=O)CNc1c(F)ccc(C)c1F)C1CC1. The lowest BCUT2D eigenvalue weighted by Crippen LogP contribution is -2.37. The average Bonchev–Trinajstić information content (AvgIpc) is 3.19. The first-order valence-corrected chi connectivity index (χ1v) is 6.52. The molecule has 0 aromatic heterocycles. The molecule has 19 heavy (non-hydrogen) atoms. The van der Waals surface area contributed by atoms with Crippen molar-refractivity contribution in [2.24, 2.45) is 0 Å². The average molecular weight is 268 g/mol. The third-order valence-corrected chi connectivity index (χ3v) is 3.35. The van der Waals surface area contributed by atoms with Crippen LogP contribution < -0.4 is 5.32 Å². The van der Waals surface area contributed by atoms with E-state index in [-0.39, 0.29) is 18.1 Å². The van der Waals surface area contributed by atoms with E-state index in [9.17, 15) is 13.6 Å². The third kappa shape index (κ3) is 3.03. The minimum absolute atomic E-state index is 0.0817. The number of halogens is 2. The third-order valence-electron chi connectivity index (χ3n) is 3.35. The first kappa shape index (κ1) is 13.8. The van der Waals surface area contributed by atoms with Crippen molar-refractivity contribution in [3.63, 3.8) is 0 Å². The van der Waals surface area contributed by atoms with E-state index in [1.54, 1.807) is 11.8 Å². The number of hydrogen-bond acceptors (Lipinski definition) is 2. The Morgan fingerprint density at radius 2 is 2.11 bits per heavy atom. The maximum absolute atomic E-state index is 13.7. The lowest BCUT2D eigenvalue weighted by atomic mass is 10.2. The fourth-order valence-corrected chi connectivity index (χ4v) is 2.11. The lowest BCUT2D eigenvalue weighted by molar-refractivity contribution is -0.129. The number of likely N-dealkylation sites (N-methyl/N-ethyl adjacent to an activating group) is 1. The molecule has 1 aromatic rings. The van der Waals surface area contributed by atoms with Gasteiger partial charge in [0.05, 0.1) is 6.54 Å². The van der Waals surface area contributed by atoms with Gasteiger partial charge < -0.3 is 10.2 Å². The number of carbonyl (C=O) groups excluding carboxylic acids is 1. The molecule has 0 bridgehead atoms. The van der Waals surface area contributed by atoms with Gasteiger partial charge in [-0.3, -0.25) is 4.79 Å². The van der Waals surface area contributed by atoms with E-state index in [2.05, 4.69) is 5.32 Å². The molecule has 1 aliphatic carbocycles. The fourth-order valence-electron chi connectivity index (χ4n) is 2.11. The van der Waals surface area contributed by atoms with E-state index >= 15 is 0 Å². The first-order chi connectivity index (χ1) is 9.04. The minimum atomic E-state index is -0.676. The molecule has 0 heterocycles. The molecule has 2 rings (SSSR count). The Bertz CT molecular complexity index is 487. The van der Waals surface area contributed by atoms with Gasteiger partial charge in [-0.15, -0.1) is 0 Å². The molecule has 1 aliphatic rings. The Kier molecular flexibility index (Phi) is 4.02. The Morgan fingerprint density at radius 3 is 2.68 bits per heavy atom. The van der Waals surface area contributed by atoms with Crippen molar-refractivity contribution in [2.75, 3.05) is 18.4 Å². The molecule has 1 amide bonds. The highest BCUT2D eigenvalue weighted by Crippen LogP contribution is 2.27. The highest BCUT2D eigenvalue weighted by atomic mass is 19.1. The Hall–Kier alpha value is -1.65. The quantitative estimate of drug-likeness (QED) is 0.890. The monoisotopic (exact) mass is 268 g/mol. The largest absolute Gasteiger partial charge is 0.371 e. The van der Waals surface area contributed by atoms with Gasteiger partial charge in [-0.1, -0.05) is 6.07 Å². The summed E-state index contributed by atoms with van der Waals surface area (Å²) in [6.45, 7) is 4.01. The molecular weight excluding hydrogens is 250 g/mol. The number of hydrogen-bond donors (Lipinski definition) is 1. The number of nitrogens with zero attached hydrogens (tertiary/aromatic N) is 1. The van der Waals surface area contributed by atoms with E-state index in [1.165, 1.54) is 12.1 Å². The predicted molar refractivity (Wildman–Crippen MR) is 70.0 cm³/mol. The molecule has 0 radical (unpaired) electrons. The molecule has 0 saturated heterocycles. The number of carbonyl (C=O) groups is 1. The zero-order chi connectivity index (χ0) is 14.0. The van der Waals surface area contributed by atoms with E-state index in [1.807, 2.05) is 6.92 Å². The maximum Gasteiger partial charge on any atom is 0.242 e. The molecular formula is C14H18F2N2O. The maximum atomic E-state index is 13.7. The van der Waals surface area contributed by atoms with Crippen molar-refractivity contribution in [1.82, 2.24) is 4.90 Å². The Morgan fingerprint density at radius 1 is 1.42 bits per heavy atom. The van der Waals surface area contributed by atoms with E-state index in [0.29, 0.717) is 18.2 Å². The molecule has 0 spiro atoms. The number of aryl methyl sites for hydroxylation is 1. The molecule has 0 aliphatic heterocycles. The van der Waals surface area contributed by atoms with Crippen LogP contribution in [0.5, 0.6) is 0 Å². The summed E-state index contributed by atoms with van der Waals surface area (Å²) >= 11 is 0. The van der Waals surface area contributed by atoms with Crippen LogP contribution in [0.2, 0.25) is 0 Å². The van der Waals surface area contributed by atoms with Gasteiger partial charge >= 0.3 is 0 Å². The topological polar surface area (TPSA) is 32.3 Å². The summed E-state index contributed by atoms with van der Waals surface area (Å²) in [4.78, 5) is 13.7. The summed E-state index contributed by atoms with van der Waals surface area (Å²) in [5.41, 5.74) is 0.131. The molecule has 104 valence electrons. The second-order valence-electron chi connectivity index (χ2n) is 4.82. The molecule has 1 saturated carbocycles. The highest BCUT2D eigenvalue weighted by molar-refractivity contribution is 5.81. The zero-order valence-electron chi connectivity index (χ0n) is 11.2. The van der Waals surface area contributed by atoms with Gasteiger partial charge in [0.15, 0.2) is 5.82 Å². The fraction of sp³-hybridized carbons (Fsp3) is 0.500. The predicted octanol–water partition coefficient (Wildman–Crippen LogP) is 2.70.